The zero-order chi connectivity index (χ0) is 31.2. The highest BCUT2D eigenvalue weighted by atomic mass is 32.2. The maximum atomic E-state index is 12.3. The number of rotatable bonds is 32. The number of unbranched alkanes of at least 4 members (excludes halogenated alkanes) is 14. The number of aryl methyl sites for hydroxylation is 1. The first kappa shape index (κ1) is 39.6. The fourth-order valence-corrected chi connectivity index (χ4v) is 6.04. The molecule has 1 rings (SSSR count). The molecule has 7 nitrogen and oxygen atoms in total. The summed E-state index contributed by atoms with van der Waals surface area (Å²) in [6.07, 6.45) is 24.7. The van der Waals surface area contributed by atoms with E-state index >= 15 is 0 Å². The van der Waals surface area contributed by atoms with E-state index in [0.29, 0.717) is 12.8 Å². The lowest BCUT2D eigenvalue weighted by molar-refractivity contribution is -0.149. The van der Waals surface area contributed by atoms with Gasteiger partial charge < -0.3 is 19.0 Å². The highest BCUT2D eigenvalue weighted by molar-refractivity contribution is 7.96. The second-order valence-electron chi connectivity index (χ2n) is 12.1. The SMILES string of the molecule is CCCCCCCCC(CC)OC(=O)CCCCCCCN(CCCCCCCC=O)CCCNSCc1cc(C)on1. The largest absolute Gasteiger partial charge is 0.462 e. The first-order valence-electron chi connectivity index (χ1n) is 17.7. The van der Waals surface area contributed by atoms with Crippen LogP contribution >= 0.6 is 11.9 Å². The van der Waals surface area contributed by atoms with Crippen LogP contribution in [0.25, 0.3) is 0 Å². The Bertz CT molecular complexity index is 776. The Balaban J connectivity index is 2.17. The summed E-state index contributed by atoms with van der Waals surface area (Å²) in [6, 6.07) is 1.99. The van der Waals surface area contributed by atoms with E-state index in [4.69, 9.17) is 9.26 Å². The Hall–Kier alpha value is -1.38. The Labute approximate surface area is 268 Å². The molecule has 1 atom stereocenters. The van der Waals surface area contributed by atoms with Crippen molar-refractivity contribution >= 4 is 24.2 Å². The maximum Gasteiger partial charge on any atom is 0.306 e. The van der Waals surface area contributed by atoms with Crippen LogP contribution in [0, 0.1) is 6.92 Å². The van der Waals surface area contributed by atoms with Gasteiger partial charge in [0.15, 0.2) is 0 Å². The molecule has 0 saturated carbocycles. The summed E-state index contributed by atoms with van der Waals surface area (Å²) in [5, 5.41) is 4.05. The van der Waals surface area contributed by atoms with Crippen LogP contribution in [-0.4, -0.2) is 54.6 Å². The highest BCUT2D eigenvalue weighted by Crippen LogP contribution is 2.15. The van der Waals surface area contributed by atoms with E-state index in [-0.39, 0.29) is 12.1 Å². The van der Waals surface area contributed by atoms with Crippen molar-refractivity contribution in [2.24, 2.45) is 0 Å². The number of nitrogens with zero attached hydrogens (tertiary/aromatic N) is 2. The molecule has 0 aromatic carbocycles. The van der Waals surface area contributed by atoms with Crippen LogP contribution < -0.4 is 4.72 Å². The average Bonchev–Trinajstić information content (AvgIpc) is 3.43. The fourth-order valence-electron chi connectivity index (χ4n) is 5.37. The van der Waals surface area contributed by atoms with Crippen molar-refractivity contribution < 1.29 is 18.8 Å². The lowest BCUT2D eigenvalue weighted by Crippen LogP contribution is -2.29. The maximum absolute atomic E-state index is 12.3. The number of ether oxygens (including phenoxy) is 1. The summed E-state index contributed by atoms with van der Waals surface area (Å²) in [4.78, 5) is 25.5. The zero-order valence-electron chi connectivity index (χ0n) is 28.1. The molecule has 1 aromatic rings. The molecule has 250 valence electrons. The Kier molecular flexibility index (Phi) is 27.0. The predicted octanol–water partition coefficient (Wildman–Crippen LogP) is 9.37. The van der Waals surface area contributed by atoms with Gasteiger partial charge >= 0.3 is 5.97 Å². The van der Waals surface area contributed by atoms with Gasteiger partial charge in [0.25, 0.3) is 0 Å². The summed E-state index contributed by atoms with van der Waals surface area (Å²) in [5.41, 5.74) is 0.982. The van der Waals surface area contributed by atoms with Crippen molar-refractivity contribution in [3.05, 3.63) is 17.5 Å². The number of hydrogen-bond acceptors (Lipinski definition) is 8. The number of esters is 1. The predicted molar refractivity (Wildman–Crippen MR) is 181 cm³/mol. The van der Waals surface area contributed by atoms with Crippen molar-refractivity contribution in [2.75, 3.05) is 26.2 Å². The third-order valence-corrected chi connectivity index (χ3v) is 8.89. The first-order chi connectivity index (χ1) is 21.1. The van der Waals surface area contributed by atoms with Crippen LogP contribution in [0.1, 0.15) is 160 Å². The van der Waals surface area contributed by atoms with Crippen molar-refractivity contribution in [3.8, 4) is 0 Å². The number of hydrogen-bond donors (Lipinski definition) is 1. The molecule has 1 heterocycles. The minimum absolute atomic E-state index is 0.00178. The van der Waals surface area contributed by atoms with Crippen LogP contribution in [0.3, 0.4) is 0 Å². The molecule has 0 saturated heterocycles. The summed E-state index contributed by atoms with van der Waals surface area (Å²) in [5.74, 6) is 1.68. The van der Waals surface area contributed by atoms with Gasteiger partial charge in [0.05, 0.1) is 11.4 Å². The normalized spacial score (nSPS) is 12.2. The smallest absolute Gasteiger partial charge is 0.306 e. The molecule has 1 N–H and O–H groups in total. The molecule has 0 radical (unpaired) electrons. The molecule has 0 fully saturated rings. The van der Waals surface area contributed by atoms with E-state index in [1.165, 1.54) is 77.0 Å². The van der Waals surface area contributed by atoms with Crippen molar-refractivity contribution in [3.63, 3.8) is 0 Å². The Morgan fingerprint density at radius 2 is 1.53 bits per heavy atom. The number of aldehydes is 1. The molecule has 1 aromatic heterocycles. The third-order valence-electron chi connectivity index (χ3n) is 8.04. The summed E-state index contributed by atoms with van der Waals surface area (Å²) in [6.45, 7) is 10.7. The van der Waals surface area contributed by atoms with Crippen LogP contribution in [0.15, 0.2) is 10.6 Å². The molecule has 0 aliphatic rings. The second-order valence-corrected chi connectivity index (χ2v) is 13.0. The third kappa shape index (κ3) is 24.6. The van der Waals surface area contributed by atoms with Crippen LogP contribution in [-0.2, 0) is 20.1 Å². The van der Waals surface area contributed by atoms with Gasteiger partial charge in [0.1, 0.15) is 18.2 Å². The molecule has 1 unspecified atom stereocenters. The first-order valence-corrected chi connectivity index (χ1v) is 18.7. The zero-order valence-corrected chi connectivity index (χ0v) is 28.9. The number of aromatic nitrogens is 1. The van der Waals surface area contributed by atoms with E-state index in [1.54, 1.807) is 11.9 Å². The molecule has 43 heavy (non-hydrogen) atoms. The van der Waals surface area contributed by atoms with E-state index in [1.807, 2.05) is 13.0 Å². The van der Waals surface area contributed by atoms with E-state index in [9.17, 15) is 9.59 Å². The molecule has 8 heteroatoms. The van der Waals surface area contributed by atoms with Crippen LogP contribution in [0.4, 0.5) is 0 Å². The van der Waals surface area contributed by atoms with Gasteiger partial charge in [-0.05, 0) is 77.9 Å². The fraction of sp³-hybridized carbons (Fsp3) is 0.857. The highest BCUT2D eigenvalue weighted by Gasteiger charge is 2.12. The van der Waals surface area contributed by atoms with E-state index in [0.717, 1.165) is 94.6 Å². The number of carbonyl (C=O) groups excluding carboxylic acids is 2. The monoisotopic (exact) mass is 623 g/mol. The molecule has 0 bridgehead atoms. The lowest BCUT2D eigenvalue weighted by atomic mass is 10.1. The Morgan fingerprint density at radius 3 is 2.19 bits per heavy atom. The number of nitrogens with one attached hydrogen (secondary N) is 1. The average molecular weight is 624 g/mol. The number of carbonyl (C=O) groups is 2. The molecule has 0 aliphatic heterocycles. The lowest BCUT2D eigenvalue weighted by Gasteiger charge is -2.22. The van der Waals surface area contributed by atoms with Gasteiger partial charge in [-0.2, -0.15) is 0 Å². The topological polar surface area (TPSA) is 84.7 Å². The molecule has 0 amide bonds. The molecule has 0 aliphatic carbocycles. The van der Waals surface area contributed by atoms with E-state index < -0.39 is 0 Å². The Morgan fingerprint density at radius 1 is 0.907 bits per heavy atom. The van der Waals surface area contributed by atoms with Gasteiger partial charge in [0.2, 0.25) is 0 Å². The van der Waals surface area contributed by atoms with Gasteiger partial charge in [-0.1, -0.05) is 102 Å². The van der Waals surface area contributed by atoms with E-state index in [2.05, 4.69) is 28.6 Å². The van der Waals surface area contributed by atoms with Crippen LogP contribution in [0.2, 0.25) is 0 Å². The molecular formula is C35H65N3O4S. The standard InChI is InChI=1S/C35H65N3O4S/c1-4-6-7-8-12-17-23-34(5-2)41-35(40)24-18-13-11-15-20-27-38(26-19-14-9-10-16-21-29-39)28-22-25-36-43-31-33-30-32(3)42-37-33/h29-30,34,36H,4-28,31H2,1-3H3. The minimum Gasteiger partial charge on any atom is -0.462 e. The molecule has 0 spiro atoms. The van der Waals surface area contributed by atoms with Crippen LogP contribution in [0.5, 0.6) is 0 Å². The van der Waals surface area contributed by atoms with Gasteiger partial charge in [-0.3, -0.25) is 9.52 Å². The summed E-state index contributed by atoms with van der Waals surface area (Å²) >= 11 is 1.70. The van der Waals surface area contributed by atoms with Gasteiger partial charge in [0, 0.05) is 25.5 Å². The van der Waals surface area contributed by atoms with Gasteiger partial charge in [-0.15, -0.1) is 0 Å². The molecular weight excluding hydrogens is 558 g/mol. The summed E-state index contributed by atoms with van der Waals surface area (Å²) < 4.78 is 14.4. The van der Waals surface area contributed by atoms with Gasteiger partial charge in [-0.25, -0.2) is 0 Å². The summed E-state index contributed by atoms with van der Waals surface area (Å²) in [7, 11) is 0. The van der Waals surface area contributed by atoms with Crippen molar-refractivity contribution in [1.29, 1.82) is 0 Å². The quantitative estimate of drug-likeness (QED) is 0.0368. The second kappa shape index (κ2) is 29.3. The van der Waals surface area contributed by atoms with Crippen molar-refractivity contribution in [1.82, 2.24) is 14.8 Å². The van der Waals surface area contributed by atoms with Crippen molar-refractivity contribution in [2.45, 2.75) is 167 Å². The minimum atomic E-state index is -0.00178.